The number of carbonyl (C=O) groups excluding carboxylic acids is 2. The van der Waals surface area contributed by atoms with Crippen molar-refractivity contribution in [3.8, 4) is 0 Å². The number of primary amides is 1. The number of aromatic nitrogens is 1. The zero-order valence-electron chi connectivity index (χ0n) is 11.3. The monoisotopic (exact) mass is 264 g/mol. The van der Waals surface area contributed by atoms with Gasteiger partial charge in [0.2, 0.25) is 5.91 Å². The number of aryl methyl sites for hydroxylation is 1. The van der Waals surface area contributed by atoms with Crippen LogP contribution in [0.1, 0.15) is 34.2 Å². The van der Waals surface area contributed by atoms with Crippen LogP contribution in [0.15, 0.2) is 12.3 Å². The van der Waals surface area contributed by atoms with E-state index in [4.69, 9.17) is 5.73 Å². The summed E-state index contributed by atoms with van der Waals surface area (Å²) in [6, 6.07) is 1.65. The average Bonchev–Trinajstić information content (AvgIpc) is 2.74. The third-order valence-electron chi connectivity index (χ3n) is 3.67. The predicted molar refractivity (Wildman–Crippen MR) is 71.8 cm³/mol. The molecule has 1 aliphatic rings. The topological polar surface area (TPSA) is 89.2 Å². The highest BCUT2D eigenvalue weighted by Crippen LogP contribution is 2.13. The maximum atomic E-state index is 12.2. The van der Waals surface area contributed by atoms with Crippen LogP contribution in [0.3, 0.4) is 0 Å². The van der Waals surface area contributed by atoms with Gasteiger partial charge in [-0.25, -0.2) is 0 Å². The van der Waals surface area contributed by atoms with Crippen LogP contribution in [0.5, 0.6) is 0 Å². The van der Waals surface area contributed by atoms with Crippen LogP contribution in [0.4, 0.5) is 0 Å². The summed E-state index contributed by atoms with van der Waals surface area (Å²) >= 11 is 0. The van der Waals surface area contributed by atoms with Crippen LogP contribution in [-0.2, 0) is 7.05 Å². The summed E-state index contributed by atoms with van der Waals surface area (Å²) in [6.07, 6.45) is 2.62. The molecule has 1 fully saturated rings. The van der Waals surface area contributed by atoms with Crippen LogP contribution in [0.2, 0.25) is 0 Å². The molecule has 0 aliphatic carbocycles. The molecule has 1 saturated heterocycles. The quantitative estimate of drug-likeness (QED) is 0.709. The van der Waals surface area contributed by atoms with Crippen LogP contribution < -0.4 is 16.4 Å². The van der Waals surface area contributed by atoms with Gasteiger partial charge in [-0.05, 0) is 24.9 Å². The van der Waals surface area contributed by atoms with E-state index >= 15 is 0 Å². The summed E-state index contributed by atoms with van der Waals surface area (Å²) in [5.41, 5.74) is 6.01. The van der Waals surface area contributed by atoms with Crippen LogP contribution in [0, 0.1) is 5.92 Å². The first-order valence-electron chi connectivity index (χ1n) is 6.46. The van der Waals surface area contributed by atoms with Crippen molar-refractivity contribution in [2.75, 3.05) is 13.1 Å². The highest BCUT2D eigenvalue weighted by atomic mass is 16.2. The summed E-state index contributed by atoms with van der Waals surface area (Å²) in [7, 11) is 1.73. The van der Waals surface area contributed by atoms with Crippen molar-refractivity contribution in [1.29, 1.82) is 0 Å². The van der Waals surface area contributed by atoms with Gasteiger partial charge in [0, 0.05) is 25.8 Å². The number of rotatable bonds is 3. The van der Waals surface area contributed by atoms with E-state index in [2.05, 4.69) is 17.6 Å². The predicted octanol–water partition coefficient (Wildman–Crippen LogP) is -0.148. The first kappa shape index (κ1) is 13.6. The highest BCUT2D eigenvalue weighted by Gasteiger charge is 2.24. The molecule has 1 aromatic rings. The van der Waals surface area contributed by atoms with Gasteiger partial charge in [0.25, 0.3) is 5.91 Å². The molecule has 0 aromatic carbocycles. The zero-order chi connectivity index (χ0) is 14.0. The lowest BCUT2D eigenvalue weighted by molar-refractivity contribution is 0.0906. The Kier molecular flexibility index (Phi) is 3.90. The summed E-state index contributed by atoms with van der Waals surface area (Å²) < 4.78 is 1.62. The molecule has 19 heavy (non-hydrogen) atoms. The number of nitrogens with one attached hydrogen (secondary N) is 2. The molecule has 1 aliphatic heterocycles. The van der Waals surface area contributed by atoms with Crippen LogP contribution >= 0.6 is 0 Å². The van der Waals surface area contributed by atoms with Crippen LogP contribution in [-0.4, -0.2) is 35.5 Å². The Morgan fingerprint density at radius 1 is 1.53 bits per heavy atom. The van der Waals surface area contributed by atoms with Gasteiger partial charge in [0.05, 0.1) is 5.56 Å². The standard InChI is InChI=1S/C13H20N4O2/c1-8-3-4-15-6-10(8)16-13(19)11-5-9(12(14)18)7-17(11)2/h5,7-8,10,15H,3-4,6H2,1-2H3,(H2,14,18)(H,16,19). The molecule has 0 radical (unpaired) electrons. The molecule has 2 unspecified atom stereocenters. The van der Waals surface area contributed by atoms with Crippen molar-refractivity contribution < 1.29 is 9.59 Å². The maximum absolute atomic E-state index is 12.2. The second kappa shape index (κ2) is 5.44. The third kappa shape index (κ3) is 2.96. The maximum Gasteiger partial charge on any atom is 0.268 e. The molecule has 0 bridgehead atoms. The lowest BCUT2D eigenvalue weighted by Crippen LogP contribution is -2.50. The molecular formula is C13H20N4O2. The number of nitrogens with two attached hydrogens (primary N) is 1. The minimum atomic E-state index is -0.526. The summed E-state index contributed by atoms with van der Waals surface area (Å²) in [5.74, 6) is -0.251. The van der Waals surface area contributed by atoms with E-state index in [-0.39, 0.29) is 11.9 Å². The van der Waals surface area contributed by atoms with Gasteiger partial charge in [-0.3, -0.25) is 9.59 Å². The van der Waals surface area contributed by atoms with Crippen molar-refractivity contribution in [2.45, 2.75) is 19.4 Å². The Hall–Kier alpha value is -1.82. The normalized spacial score (nSPS) is 23.1. The number of carbonyl (C=O) groups is 2. The van der Waals surface area contributed by atoms with Crippen molar-refractivity contribution in [3.63, 3.8) is 0 Å². The molecule has 0 spiro atoms. The molecule has 2 atom stereocenters. The second-order valence-electron chi connectivity index (χ2n) is 5.14. The Balaban J connectivity index is 2.09. The van der Waals surface area contributed by atoms with Gasteiger partial charge in [-0.1, -0.05) is 6.92 Å². The first-order valence-corrected chi connectivity index (χ1v) is 6.46. The molecule has 1 aromatic heterocycles. The van der Waals surface area contributed by atoms with Gasteiger partial charge in [0.1, 0.15) is 5.69 Å². The van der Waals surface area contributed by atoms with E-state index < -0.39 is 5.91 Å². The minimum absolute atomic E-state index is 0.119. The van der Waals surface area contributed by atoms with Crippen molar-refractivity contribution in [3.05, 3.63) is 23.5 Å². The Morgan fingerprint density at radius 3 is 2.84 bits per heavy atom. The third-order valence-corrected chi connectivity index (χ3v) is 3.67. The fourth-order valence-corrected chi connectivity index (χ4v) is 2.35. The fraction of sp³-hybridized carbons (Fsp3) is 0.538. The van der Waals surface area contributed by atoms with Gasteiger partial charge in [-0.15, -0.1) is 0 Å². The number of nitrogens with zero attached hydrogens (tertiary/aromatic N) is 1. The summed E-state index contributed by atoms with van der Waals surface area (Å²) in [5, 5.41) is 6.27. The summed E-state index contributed by atoms with van der Waals surface area (Å²) in [4.78, 5) is 23.3. The Labute approximate surface area is 112 Å². The summed E-state index contributed by atoms with van der Waals surface area (Å²) in [6.45, 7) is 3.90. The van der Waals surface area contributed by atoms with Gasteiger partial charge < -0.3 is 20.9 Å². The average molecular weight is 264 g/mol. The number of hydrogen-bond acceptors (Lipinski definition) is 3. The molecule has 6 heteroatoms. The van der Waals surface area contributed by atoms with Crippen LogP contribution in [0.25, 0.3) is 0 Å². The molecular weight excluding hydrogens is 244 g/mol. The van der Waals surface area contributed by atoms with Crippen molar-refractivity contribution in [2.24, 2.45) is 18.7 Å². The van der Waals surface area contributed by atoms with E-state index in [1.807, 2.05) is 0 Å². The molecule has 6 nitrogen and oxygen atoms in total. The van der Waals surface area contributed by atoms with Gasteiger partial charge >= 0.3 is 0 Å². The van der Waals surface area contributed by atoms with Crippen molar-refractivity contribution >= 4 is 11.8 Å². The van der Waals surface area contributed by atoms with E-state index in [9.17, 15) is 9.59 Å². The number of hydrogen-bond donors (Lipinski definition) is 3. The lowest BCUT2D eigenvalue weighted by atomic mass is 9.95. The smallest absolute Gasteiger partial charge is 0.268 e. The Morgan fingerprint density at radius 2 is 2.26 bits per heavy atom. The largest absolute Gasteiger partial charge is 0.366 e. The highest BCUT2D eigenvalue weighted by molar-refractivity contribution is 5.98. The molecule has 104 valence electrons. The van der Waals surface area contributed by atoms with E-state index in [0.717, 1.165) is 19.5 Å². The SMILES string of the molecule is CC1CCNCC1NC(=O)c1cc(C(N)=O)cn1C. The minimum Gasteiger partial charge on any atom is -0.366 e. The van der Waals surface area contributed by atoms with E-state index in [0.29, 0.717) is 17.2 Å². The number of amides is 2. The second-order valence-corrected chi connectivity index (χ2v) is 5.14. The lowest BCUT2D eigenvalue weighted by Gasteiger charge is -2.30. The molecule has 2 heterocycles. The molecule has 2 amide bonds. The van der Waals surface area contributed by atoms with Crippen molar-refractivity contribution in [1.82, 2.24) is 15.2 Å². The molecule has 4 N–H and O–H groups in total. The Bertz CT molecular complexity index is 495. The van der Waals surface area contributed by atoms with Gasteiger partial charge in [0.15, 0.2) is 0 Å². The van der Waals surface area contributed by atoms with E-state index in [1.165, 1.54) is 6.07 Å². The van der Waals surface area contributed by atoms with Gasteiger partial charge in [-0.2, -0.15) is 0 Å². The number of piperidine rings is 1. The van der Waals surface area contributed by atoms with E-state index in [1.54, 1.807) is 17.8 Å². The molecule has 0 saturated carbocycles. The first-order chi connectivity index (χ1) is 8.99. The molecule has 2 rings (SSSR count). The fourth-order valence-electron chi connectivity index (χ4n) is 2.35. The zero-order valence-corrected chi connectivity index (χ0v) is 11.3.